The maximum atomic E-state index is 15.5. The van der Waals surface area contributed by atoms with Gasteiger partial charge in [0.25, 0.3) is 0 Å². The highest BCUT2D eigenvalue weighted by Crippen LogP contribution is 2.31. The Balaban J connectivity index is 1.49. The lowest BCUT2D eigenvalue weighted by Gasteiger charge is -2.34. The summed E-state index contributed by atoms with van der Waals surface area (Å²) in [5.41, 5.74) is 4.19. The van der Waals surface area contributed by atoms with Gasteiger partial charge < -0.3 is 15.5 Å². The molecule has 1 saturated carbocycles. The first-order valence-electron chi connectivity index (χ1n) is 12.2. The lowest BCUT2D eigenvalue weighted by Crippen LogP contribution is -2.44. The number of hydrogen-bond donors (Lipinski definition) is 2. The summed E-state index contributed by atoms with van der Waals surface area (Å²) in [4.78, 5) is 7.15. The predicted octanol–water partition coefficient (Wildman–Crippen LogP) is 5.21. The van der Waals surface area contributed by atoms with Gasteiger partial charge in [0.05, 0.1) is 12.7 Å². The van der Waals surface area contributed by atoms with Gasteiger partial charge >= 0.3 is 0 Å². The van der Waals surface area contributed by atoms with Crippen LogP contribution in [0.2, 0.25) is 0 Å². The van der Waals surface area contributed by atoms with Crippen LogP contribution in [0.25, 0.3) is 16.8 Å². The Kier molecular flexibility index (Phi) is 5.99. The van der Waals surface area contributed by atoms with Gasteiger partial charge in [0, 0.05) is 30.8 Å². The number of nitrogens with zero attached hydrogens (tertiary/aromatic N) is 4. The zero-order chi connectivity index (χ0) is 23.0. The summed E-state index contributed by atoms with van der Waals surface area (Å²) in [5, 5.41) is 11.7. The number of rotatable bonds is 6. The fourth-order valence-corrected chi connectivity index (χ4v) is 5.00. The first kappa shape index (κ1) is 22.1. The van der Waals surface area contributed by atoms with Gasteiger partial charge in [-0.15, -0.1) is 0 Å². The van der Waals surface area contributed by atoms with E-state index in [1.807, 2.05) is 16.8 Å². The molecule has 0 radical (unpaired) electrons. The molecule has 1 aliphatic heterocycles. The minimum Gasteiger partial charge on any atom is -0.367 e. The average molecular weight is 451 g/mol. The number of aryl methyl sites for hydroxylation is 2. The van der Waals surface area contributed by atoms with Gasteiger partial charge in [-0.05, 0) is 63.3 Å². The van der Waals surface area contributed by atoms with Crippen molar-refractivity contribution in [3.63, 3.8) is 0 Å². The largest absolute Gasteiger partial charge is 0.367 e. The second kappa shape index (κ2) is 8.93. The number of fused-ring (bicyclic) bond motifs is 1. The summed E-state index contributed by atoms with van der Waals surface area (Å²) in [6, 6.07) is 8.89. The van der Waals surface area contributed by atoms with E-state index in [-0.39, 0.29) is 6.54 Å². The normalized spacial score (nSPS) is 19.3. The highest BCUT2D eigenvalue weighted by Gasteiger charge is 2.33. The molecule has 5 rings (SSSR count). The van der Waals surface area contributed by atoms with Crippen LogP contribution in [0.3, 0.4) is 0 Å². The summed E-state index contributed by atoms with van der Waals surface area (Å²) in [6.07, 6.45) is 7.81. The van der Waals surface area contributed by atoms with Gasteiger partial charge in [-0.1, -0.05) is 31.0 Å². The molecule has 176 valence electrons. The first-order valence-corrected chi connectivity index (χ1v) is 12.2. The number of hydrogen-bond acceptors (Lipinski definition) is 5. The van der Waals surface area contributed by atoms with E-state index in [4.69, 9.17) is 4.98 Å². The van der Waals surface area contributed by atoms with Crippen LogP contribution in [0.5, 0.6) is 0 Å². The Hall–Kier alpha value is -2.67. The fraction of sp³-hybridized carbons (Fsp3) is 0.538. The van der Waals surface area contributed by atoms with Crippen molar-refractivity contribution < 1.29 is 4.39 Å². The smallest absolute Gasteiger partial charge is 0.167 e. The number of aromatic nitrogens is 3. The highest BCUT2D eigenvalue weighted by atomic mass is 19.1. The molecule has 1 aliphatic carbocycles. The molecular weight excluding hydrogens is 415 g/mol. The maximum absolute atomic E-state index is 15.5. The van der Waals surface area contributed by atoms with Crippen LogP contribution < -0.4 is 10.6 Å². The molecule has 3 heterocycles. The number of anilines is 2. The minimum atomic E-state index is -1.20. The SMILES string of the molecule is Cc1ccc(-c2cnn3c(NCC4(F)CCN(C)CC4)cc(NC4CCCC4)nc23)cc1C. The van der Waals surface area contributed by atoms with Crippen LogP contribution in [0.4, 0.5) is 16.0 Å². The lowest BCUT2D eigenvalue weighted by molar-refractivity contribution is 0.0811. The van der Waals surface area contributed by atoms with Gasteiger partial charge in [-0.25, -0.2) is 9.37 Å². The third kappa shape index (κ3) is 4.69. The van der Waals surface area contributed by atoms with Crippen LogP contribution in [0, 0.1) is 13.8 Å². The van der Waals surface area contributed by atoms with E-state index >= 15 is 4.39 Å². The lowest BCUT2D eigenvalue weighted by atomic mass is 9.93. The van der Waals surface area contributed by atoms with Crippen molar-refractivity contribution in [3.05, 3.63) is 41.6 Å². The molecule has 2 aromatic heterocycles. The number of alkyl halides is 1. The van der Waals surface area contributed by atoms with Gasteiger partial charge in [0.15, 0.2) is 5.65 Å². The Morgan fingerprint density at radius 1 is 1.09 bits per heavy atom. The Morgan fingerprint density at radius 2 is 1.85 bits per heavy atom. The molecule has 0 atom stereocenters. The van der Waals surface area contributed by atoms with Crippen molar-refractivity contribution in [3.8, 4) is 11.1 Å². The molecule has 3 aromatic rings. The van der Waals surface area contributed by atoms with Crippen molar-refractivity contribution >= 4 is 17.3 Å². The molecule has 2 fully saturated rings. The van der Waals surface area contributed by atoms with Crippen LogP contribution in [0.15, 0.2) is 30.5 Å². The maximum Gasteiger partial charge on any atom is 0.167 e. The standard InChI is InChI=1S/C26H35FN6/c1-18-8-9-20(14-19(18)2)22-16-29-33-24(28-17-26(27)10-12-32(3)13-11-26)15-23(31-25(22)33)30-21-6-4-5-7-21/h8-9,14-16,21,28H,4-7,10-13,17H2,1-3H3,(H,30,31). The quantitative estimate of drug-likeness (QED) is 0.540. The summed E-state index contributed by atoms with van der Waals surface area (Å²) < 4.78 is 17.3. The molecule has 0 bridgehead atoms. The highest BCUT2D eigenvalue weighted by molar-refractivity contribution is 5.80. The van der Waals surface area contributed by atoms with Crippen molar-refractivity contribution in [1.82, 2.24) is 19.5 Å². The number of nitrogens with one attached hydrogen (secondary N) is 2. The van der Waals surface area contributed by atoms with Crippen molar-refractivity contribution in [1.29, 1.82) is 0 Å². The second-order valence-electron chi connectivity index (χ2n) is 10.1. The van der Waals surface area contributed by atoms with E-state index < -0.39 is 5.67 Å². The Morgan fingerprint density at radius 3 is 2.58 bits per heavy atom. The van der Waals surface area contributed by atoms with Crippen LogP contribution in [-0.4, -0.2) is 57.9 Å². The minimum absolute atomic E-state index is 0.279. The topological polar surface area (TPSA) is 57.5 Å². The van der Waals surface area contributed by atoms with E-state index in [2.05, 4.69) is 59.7 Å². The molecular formula is C26H35FN6. The predicted molar refractivity (Wildman–Crippen MR) is 133 cm³/mol. The first-order chi connectivity index (χ1) is 15.9. The third-order valence-corrected chi connectivity index (χ3v) is 7.47. The molecule has 0 unspecified atom stereocenters. The molecule has 7 heteroatoms. The van der Waals surface area contributed by atoms with E-state index in [1.165, 1.54) is 36.8 Å². The summed E-state index contributed by atoms with van der Waals surface area (Å²) in [7, 11) is 2.05. The van der Waals surface area contributed by atoms with Crippen molar-refractivity contribution in [2.24, 2.45) is 0 Å². The molecule has 33 heavy (non-hydrogen) atoms. The zero-order valence-electron chi connectivity index (χ0n) is 20.0. The fourth-order valence-electron chi connectivity index (χ4n) is 5.00. The number of halogens is 1. The van der Waals surface area contributed by atoms with Gasteiger partial charge in [-0.2, -0.15) is 9.61 Å². The number of benzene rings is 1. The number of piperidine rings is 1. The number of likely N-dealkylation sites (tertiary alicyclic amines) is 1. The van der Waals surface area contributed by atoms with E-state index in [1.54, 1.807) is 0 Å². The van der Waals surface area contributed by atoms with Gasteiger partial charge in [-0.3, -0.25) is 0 Å². The third-order valence-electron chi connectivity index (χ3n) is 7.47. The summed E-state index contributed by atoms with van der Waals surface area (Å²) in [5.74, 6) is 1.62. The Labute approximate surface area is 195 Å². The molecule has 2 N–H and O–H groups in total. The van der Waals surface area contributed by atoms with Crippen LogP contribution >= 0.6 is 0 Å². The Bertz CT molecular complexity index is 1130. The summed E-state index contributed by atoms with van der Waals surface area (Å²) >= 11 is 0. The van der Waals surface area contributed by atoms with Crippen molar-refractivity contribution in [2.45, 2.75) is 64.1 Å². The summed E-state index contributed by atoms with van der Waals surface area (Å²) in [6.45, 7) is 6.10. The van der Waals surface area contributed by atoms with Crippen LogP contribution in [0.1, 0.15) is 49.7 Å². The molecule has 1 aromatic carbocycles. The molecule has 1 saturated heterocycles. The molecule has 6 nitrogen and oxygen atoms in total. The monoisotopic (exact) mass is 450 g/mol. The molecule has 2 aliphatic rings. The van der Waals surface area contributed by atoms with E-state index in [9.17, 15) is 0 Å². The van der Waals surface area contributed by atoms with Gasteiger partial charge in [0.1, 0.15) is 17.3 Å². The average Bonchev–Trinajstić information content (AvgIpc) is 3.46. The molecule has 0 amide bonds. The van der Waals surface area contributed by atoms with Crippen molar-refractivity contribution in [2.75, 3.05) is 37.3 Å². The second-order valence-corrected chi connectivity index (χ2v) is 10.1. The van der Waals surface area contributed by atoms with Crippen LogP contribution in [-0.2, 0) is 0 Å². The van der Waals surface area contributed by atoms with E-state index in [0.29, 0.717) is 18.9 Å². The zero-order valence-corrected chi connectivity index (χ0v) is 20.0. The van der Waals surface area contributed by atoms with E-state index in [0.717, 1.165) is 41.5 Å². The molecule has 0 spiro atoms. The van der Waals surface area contributed by atoms with Gasteiger partial charge in [0.2, 0.25) is 0 Å².